The van der Waals surface area contributed by atoms with Gasteiger partial charge in [-0.05, 0) is 56.1 Å². The van der Waals surface area contributed by atoms with Gasteiger partial charge >= 0.3 is 6.36 Å². The SMILES string of the molecule is CC1CCN([C@@H]2CC(=O)N(c3ccc(OC(F)(F)F)cc3)C2=O)CC1. The number of hydrogen-bond donors (Lipinski definition) is 0. The van der Waals surface area contributed by atoms with Crippen molar-refractivity contribution >= 4 is 17.5 Å². The van der Waals surface area contributed by atoms with Crippen LogP contribution in [0.1, 0.15) is 26.2 Å². The molecule has 2 fully saturated rings. The molecule has 0 aliphatic carbocycles. The van der Waals surface area contributed by atoms with Crippen LogP contribution in [0.3, 0.4) is 0 Å². The average molecular weight is 356 g/mol. The summed E-state index contributed by atoms with van der Waals surface area (Å²) in [7, 11) is 0. The lowest BCUT2D eigenvalue weighted by molar-refractivity contribution is -0.274. The summed E-state index contributed by atoms with van der Waals surface area (Å²) in [6.07, 6.45) is -2.70. The summed E-state index contributed by atoms with van der Waals surface area (Å²) in [5.74, 6) is -0.431. The second-order valence-corrected chi connectivity index (χ2v) is 6.55. The number of alkyl halides is 3. The summed E-state index contributed by atoms with van der Waals surface area (Å²) in [6.45, 7) is 3.71. The number of amides is 2. The Morgan fingerprint density at radius 2 is 1.68 bits per heavy atom. The second kappa shape index (κ2) is 6.67. The van der Waals surface area contributed by atoms with E-state index in [9.17, 15) is 22.8 Å². The van der Waals surface area contributed by atoms with Gasteiger partial charge in [0.05, 0.1) is 18.2 Å². The molecule has 0 saturated carbocycles. The lowest BCUT2D eigenvalue weighted by Crippen LogP contribution is -2.45. The number of carbonyl (C=O) groups excluding carboxylic acids is 2. The minimum atomic E-state index is -4.78. The van der Waals surface area contributed by atoms with Crippen molar-refractivity contribution in [1.82, 2.24) is 4.90 Å². The van der Waals surface area contributed by atoms with Crippen molar-refractivity contribution in [1.29, 1.82) is 0 Å². The van der Waals surface area contributed by atoms with Gasteiger partial charge in [-0.25, -0.2) is 4.90 Å². The van der Waals surface area contributed by atoms with E-state index in [1.807, 2.05) is 4.90 Å². The number of imide groups is 1. The molecule has 8 heteroatoms. The van der Waals surface area contributed by atoms with Crippen LogP contribution in [0, 0.1) is 5.92 Å². The largest absolute Gasteiger partial charge is 0.573 e. The summed E-state index contributed by atoms with van der Waals surface area (Å²) in [6, 6.07) is 4.29. The van der Waals surface area contributed by atoms with Gasteiger partial charge in [0.15, 0.2) is 0 Å². The van der Waals surface area contributed by atoms with Crippen molar-refractivity contribution in [2.24, 2.45) is 5.92 Å². The lowest BCUT2D eigenvalue weighted by atomic mass is 9.97. The van der Waals surface area contributed by atoms with E-state index in [1.54, 1.807) is 0 Å². The molecule has 0 spiro atoms. The molecular weight excluding hydrogens is 337 g/mol. The number of ether oxygens (including phenoxy) is 1. The van der Waals surface area contributed by atoms with Crippen LogP contribution in [0.4, 0.5) is 18.9 Å². The highest BCUT2D eigenvalue weighted by molar-refractivity contribution is 6.22. The molecule has 2 amide bonds. The van der Waals surface area contributed by atoms with Gasteiger partial charge < -0.3 is 4.74 Å². The van der Waals surface area contributed by atoms with E-state index in [1.165, 1.54) is 12.1 Å². The quantitative estimate of drug-likeness (QED) is 0.782. The molecule has 136 valence electrons. The number of hydrogen-bond acceptors (Lipinski definition) is 4. The molecule has 2 saturated heterocycles. The van der Waals surface area contributed by atoms with Gasteiger partial charge in [0.1, 0.15) is 5.75 Å². The Hall–Kier alpha value is -2.09. The molecular formula is C17H19F3N2O3. The predicted molar refractivity (Wildman–Crippen MR) is 84.0 cm³/mol. The van der Waals surface area contributed by atoms with Gasteiger partial charge in [-0.1, -0.05) is 6.92 Å². The fourth-order valence-electron chi connectivity index (χ4n) is 3.31. The lowest BCUT2D eigenvalue weighted by Gasteiger charge is -2.33. The molecule has 0 aromatic heterocycles. The molecule has 0 bridgehead atoms. The Morgan fingerprint density at radius 1 is 1.08 bits per heavy atom. The van der Waals surface area contributed by atoms with Gasteiger partial charge in [0, 0.05) is 0 Å². The van der Waals surface area contributed by atoms with Crippen LogP contribution in [-0.4, -0.2) is 42.2 Å². The Balaban J connectivity index is 1.72. The molecule has 3 rings (SSSR count). The molecule has 5 nitrogen and oxygen atoms in total. The Morgan fingerprint density at radius 3 is 2.24 bits per heavy atom. The third-order valence-electron chi connectivity index (χ3n) is 4.71. The highest BCUT2D eigenvalue weighted by Gasteiger charge is 2.43. The van der Waals surface area contributed by atoms with Crippen LogP contribution in [-0.2, 0) is 9.59 Å². The number of anilines is 1. The van der Waals surface area contributed by atoms with Crippen LogP contribution in [0.25, 0.3) is 0 Å². The third-order valence-corrected chi connectivity index (χ3v) is 4.71. The summed E-state index contributed by atoms with van der Waals surface area (Å²) in [4.78, 5) is 28.0. The Labute approximate surface area is 143 Å². The molecule has 1 aromatic rings. The minimum Gasteiger partial charge on any atom is -0.406 e. The standard InChI is InChI=1S/C17H19F3N2O3/c1-11-6-8-21(9-7-11)14-10-15(23)22(16(14)24)12-2-4-13(5-3-12)25-17(18,19)20/h2-5,11,14H,6-10H2,1H3/t14-/m1/s1. The first-order valence-corrected chi connectivity index (χ1v) is 8.21. The van der Waals surface area contributed by atoms with E-state index in [0.29, 0.717) is 5.92 Å². The van der Waals surface area contributed by atoms with Crippen molar-refractivity contribution in [3.63, 3.8) is 0 Å². The molecule has 25 heavy (non-hydrogen) atoms. The molecule has 0 unspecified atom stereocenters. The highest BCUT2D eigenvalue weighted by Crippen LogP contribution is 2.30. The van der Waals surface area contributed by atoms with E-state index in [0.717, 1.165) is 43.0 Å². The van der Waals surface area contributed by atoms with E-state index in [4.69, 9.17) is 0 Å². The van der Waals surface area contributed by atoms with Crippen molar-refractivity contribution in [2.45, 2.75) is 38.6 Å². The molecule has 2 heterocycles. The summed E-state index contributed by atoms with van der Waals surface area (Å²) >= 11 is 0. The predicted octanol–water partition coefficient (Wildman–Crippen LogP) is 2.95. The Bertz CT molecular complexity index is 652. The van der Waals surface area contributed by atoms with E-state index in [-0.39, 0.29) is 23.9 Å². The number of halogens is 3. The van der Waals surface area contributed by atoms with Gasteiger partial charge in [0.2, 0.25) is 5.91 Å². The van der Waals surface area contributed by atoms with Gasteiger partial charge in [-0.2, -0.15) is 0 Å². The molecule has 1 atom stereocenters. The van der Waals surface area contributed by atoms with E-state index in [2.05, 4.69) is 11.7 Å². The van der Waals surface area contributed by atoms with Gasteiger partial charge in [-0.15, -0.1) is 13.2 Å². The minimum absolute atomic E-state index is 0.105. The molecule has 1 aromatic carbocycles. The summed E-state index contributed by atoms with van der Waals surface area (Å²) in [5.41, 5.74) is 0.261. The van der Waals surface area contributed by atoms with Crippen LogP contribution >= 0.6 is 0 Å². The molecule has 0 radical (unpaired) electrons. The fraction of sp³-hybridized carbons (Fsp3) is 0.529. The van der Waals surface area contributed by atoms with E-state index < -0.39 is 18.2 Å². The smallest absolute Gasteiger partial charge is 0.406 e. The van der Waals surface area contributed by atoms with E-state index >= 15 is 0 Å². The third kappa shape index (κ3) is 3.95. The first-order chi connectivity index (χ1) is 11.7. The zero-order valence-electron chi connectivity index (χ0n) is 13.8. The fourth-order valence-corrected chi connectivity index (χ4v) is 3.31. The van der Waals surface area contributed by atoms with Gasteiger partial charge in [0.25, 0.3) is 5.91 Å². The van der Waals surface area contributed by atoms with Crippen LogP contribution in [0.15, 0.2) is 24.3 Å². The normalized spacial score (nSPS) is 23.4. The number of piperidine rings is 1. The average Bonchev–Trinajstić information content (AvgIpc) is 2.82. The Kier molecular flexibility index (Phi) is 4.73. The van der Waals surface area contributed by atoms with Crippen molar-refractivity contribution in [3.8, 4) is 5.75 Å². The molecule has 2 aliphatic rings. The number of benzene rings is 1. The first-order valence-electron chi connectivity index (χ1n) is 8.21. The van der Waals surface area contributed by atoms with Crippen molar-refractivity contribution in [3.05, 3.63) is 24.3 Å². The zero-order valence-corrected chi connectivity index (χ0v) is 13.8. The zero-order chi connectivity index (χ0) is 18.2. The van der Waals surface area contributed by atoms with Crippen LogP contribution in [0.5, 0.6) is 5.75 Å². The van der Waals surface area contributed by atoms with Crippen LogP contribution < -0.4 is 9.64 Å². The first kappa shape index (κ1) is 17.7. The number of carbonyl (C=O) groups is 2. The number of rotatable bonds is 3. The monoisotopic (exact) mass is 356 g/mol. The summed E-state index contributed by atoms with van der Waals surface area (Å²) in [5, 5.41) is 0. The van der Waals surface area contributed by atoms with Crippen molar-refractivity contribution < 1.29 is 27.5 Å². The second-order valence-electron chi connectivity index (χ2n) is 6.55. The maximum absolute atomic E-state index is 12.7. The maximum Gasteiger partial charge on any atom is 0.573 e. The highest BCUT2D eigenvalue weighted by atomic mass is 19.4. The number of nitrogens with zero attached hydrogens (tertiary/aromatic N) is 2. The summed E-state index contributed by atoms with van der Waals surface area (Å²) < 4.78 is 40.4. The molecule has 2 aliphatic heterocycles. The topological polar surface area (TPSA) is 49.9 Å². The van der Waals surface area contributed by atoms with Crippen molar-refractivity contribution in [2.75, 3.05) is 18.0 Å². The van der Waals surface area contributed by atoms with Crippen LogP contribution in [0.2, 0.25) is 0 Å². The van der Waals surface area contributed by atoms with Gasteiger partial charge in [-0.3, -0.25) is 14.5 Å². The molecule has 0 N–H and O–H groups in total. The number of likely N-dealkylation sites (tertiary alicyclic amines) is 1. The maximum atomic E-state index is 12.7.